The highest BCUT2D eigenvalue weighted by Crippen LogP contribution is 2.25. The summed E-state index contributed by atoms with van der Waals surface area (Å²) in [5.41, 5.74) is -0.790. The number of nitrogens with zero attached hydrogens (tertiary/aromatic N) is 2. The Labute approximate surface area is 96.8 Å². The predicted octanol–water partition coefficient (Wildman–Crippen LogP) is 1.04. The number of fused-ring (bicyclic) bond motifs is 1. The molecular formula is C8H5BrClN3O2. The van der Waals surface area contributed by atoms with Gasteiger partial charge in [0.1, 0.15) is 5.39 Å². The lowest BCUT2D eigenvalue weighted by Crippen LogP contribution is -2.29. The Morgan fingerprint density at radius 2 is 2.20 bits per heavy atom. The molecule has 2 aromatic heterocycles. The van der Waals surface area contributed by atoms with Crippen LogP contribution in [0, 0.1) is 0 Å². The van der Waals surface area contributed by atoms with E-state index < -0.39 is 11.2 Å². The maximum absolute atomic E-state index is 11.5. The molecule has 0 saturated heterocycles. The standard InChI is InChI=1S/C8H5BrClN3O2/c1-13-6-4(7(14)12-8(13)15)5(10)3(9)2-11-6/h2H,1H3,(H,12,14,15). The molecule has 0 spiro atoms. The van der Waals surface area contributed by atoms with Gasteiger partial charge in [0.2, 0.25) is 0 Å². The number of aromatic amines is 1. The Kier molecular flexibility index (Phi) is 2.40. The van der Waals surface area contributed by atoms with Crippen LogP contribution in [-0.2, 0) is 7.05 Å². The second-order valence-corrected chi connectivity index (χ2v) is 4.17. The lowest BCUT2D eigenvalue weighted by molar-refractivity contribution is 0.828. The maximum atomic E-state index is 11.5. The number of H-pyrrole nitrogens is 1. The van der Waals surface area contributed by atoms with Gasteiger partial charge in [0.05, 0.1) is 9.50 Å². The third kappa shape index (κ3) is 1.49. The molecule has 78 valence electrons. The minimum atomic E-state index is -0.535. The molecule has 2 heterocycles. The van der Waals surface area contributed by atoms with Crippen LogP contribution >= 0.6 is 27.5 Å². The molecule has 2 rings (SSSR count). The molecule has 0 amide bonds. The summed E-state index contributed by atoms with van der Waals surface area (Å²) in [6.45, 7) is 0. The number of halogens is 2. The Balaban J connectivity index is 3.17. The first kappa shape index (κ1) is 10.4. The van der Waals surface area contributed by atoms with Crippen LogP contribution in [0.1, 0.15) is 0 Å². The third-order valence-electron chi connectivity index (χ3n) is 2.02. The van der Waals surface area contributed by atoms with E-state index in [0.717, 1.165) is 0 Å². The number of nitrogens with one attached hydrogen (secondary N) is 1. The fourth-order valence-electron chi connectivity index (χ4n) is 1.25. The van der Waals surface area contributed by atoms with Crippen molar-refractivity contribution in [1.82, 2.24) is 14.5 Å². The summed E-state index contributed by atoms with van der Waals surface area (Å²) in [4.78, 5) is 28.9. The normalized spacial score (nSPS) is 10.9. The van der Waals surface area contributed by atoms with Crippen LogP contribution in [0.4, 0.5) is 0 Å². The van der Waals surface area contributed by atoms with Gasteiger partial charge < -0.3 is 0 Å². The highest BCUT2D eigenvalue weighted by atomic mass is 79.9. The van der Waals surface area contributed by atoms with Crippen molar-refractivity contribution >= 4 is 38.6 Å². The van der Waals surface area contributed by atoms with Gasteiger partial charge in [-0.1, -0.05) is 11.6 Å². The van der Waals surface area contributed by atoms with E-state index in [1.54, 1.807) is 0 Å². The fourth-order valence-corrected chi connectivity index (χ4v) is 1.77. The Hall–Kier alpha value is -1.14. The van der Waals surface area contributed by atoms with E-state index in [9.17, 15) is 9.59 Å². The van der Waals surface area contributed by atoms with Gasteiger partial charge in [0.15, 0.2) is 5.65 Å². The molecule has 15 heavy (non-hydrogen) atoms. The van der Waals surface area contributed by atoms with Crippen molar-refractivity contribution < 1.29 is 0 Å². The first-order chi connectivity index (χ1) is 7.02. The number of rotatable bonds is 0. The molecule has 0 aliphatic heterocycles. The Morgan fingerprint density at radius 3 is 2.87 bits per heavy atom. The summed E-state index contributed by atoms with van der Waals surface area (Å²) in [6.07, 6.45) is 1.45. The molecule has 0 atom stereocenters. The molecule has 0 bridgehead atoms. The molecule has 0 aromatic carbocycles. The van der Waals surface area contributed by atoms with E-state index in [-0.39, 0.29) is 16.1 Å². The highest BCUT2D eigenvalue weighted by molar-refractivity contribution is 9.10. The summed E-state index contributed by atoms with van der Waals surface area (Å²) >= 11 is 9.09. The number of hydrogen-bond acceptors (Lipinski definition) is 3. The van der Waals surface area contributed by atoms with Crippen molar-refractivity contribution in [1.29, 1.82) is 0 Å². The van der Waals surface area contributed by atoms with Gasteiger partial charge in [-0.15, -0.1) is 0 Å². The minimum absolute atomic E-state index is 0.202. The van der Waals surface area contributed by atoms with Gasteiger partial charge in [-0.3, -0.25) is 14.3 Å². The van der Waals surface area contributed by atoms with E-state index in [2.05, 4.69) is 25.9 Å². The van der Waals surface area contributed by atoms with Crippen LogP contribution in [0.25, 0.3) is 11.0 Å². The van der Waals surface area contributed by atoms with Gasteiger partial charge in [-0.25, -0.2) is 9.78 Å². The topological polar surface area (TPSA) is 67.8 Å². The second kappa shape index (κ2) is 3.46. The van der Waals surface area contributed by atoms with Crippen LogP contribution < -0.4 is 11.2 Å². The number of pyridine rings is 1. The van der Waals surface area contributed by atoms with Crippen LogP contribution in [-0.4, -0.2) is 14.5 Å². The zero-order valence-corrected chi connectivity index (χ0v) is 9.89. The van der Waals surface area contributed by atoms with Gasteiger partial charge >= 0.3 is 5.69 Å². The van der Waals surface area contributed by atoms with Crippen molar-refractivity contribution in [2.75, 3.05) is 0 Å². The van der Waals surface area contributed by atoms with E-state index in [1.807, 2.05) is 0 Å². The van der Waals surface area contributed by atoms with Crippen LogP contribution in [0.2, 0.25) is 5.02 Å². The average Bonchev–Trinajstić information content (AvgIpc) is 2.18. The van der Waals surface area contributed by atoms with Gasteiger partial charge in [-0.05, 0) is 15.9 Å². The molecule has 0 radical (unpaired) electrons. The quantitative estimate of drug-likeness (QED) is 0.788. The van der Waals surface area contributed by atoms with Crippen LogP contribution in [0.15, 0.2) is 20.3 Å². The van der Waals surface area contributed by atoms with E-state index in [4.69, 9.17) is 11.6 Å². The molecule has 0 fully saturated rings. The van der Waals surface area contributed by atoms with E-state index in [1.165, 1.54) is 17.8 Å². The lowest BCUT2D eigenvalue weighted by atomic mass is 10.3. The third-order valence-corrected chi connectivity index (χ3v) is 3.24. The molecule has 5 nitrogen and oxygen atoms in total. The van der Waals surface area contributed by atoms with Crippen LogP contribution in [0.3, 0.4) is 0 Å². The van der Waals surface area contributed by atoms with Crippen molar-refractivity contribution in [3.63, 3.8) is 0 Å². The molecule has 2 aromatic rings. The summed E-state index contributed by atoms with van der Waals surface area (Å²) in [5.74, 6) is 0. The van der Waals surface area contributed by atoms with Crippen molar-refractivity contribution in [3.05, 3.63) is 36.5 Å². The zero-order chi connectivity index (χ0) is 11.2. The van der Waals surface area contributed by atoms with E-state index in [0.29, 0.717) is 4.47 Å². The number of aromatic nitrogens is 3. The van der Waals surface area contributed by atoms with Crippen LogP contribution in [0.5, 0.6) is 0 Å². The molecule has 0 aliphatic rings. The minimum Gasteiger partial charge on any atom is -0.281 e. The number of aryl methyl sites for hydroxylation is 1. The molecule has 7 heteroatoms. The Morgan fingerprint density at radius 1 is 1.53 bits per heavy atom. The largest absolute Gasteiger partial charge is 0.329 e. The van der Waals surface area contributed by atoms with Gasteiger partial charge in [0, 0.05) is 13.2 Å². The van der Waals surface area contributed by atoms with Crippen molar-refractivity contribution in [3.8, 4) is 0 Å². The zero-order valence-electron chi connectivity index (χ0n) is 7.54. The fraction of sp³-hybridized carbons (Fsp3) is 0.125. The van der Waals surface area contributed by atoms with E-state index >= 15 is 0 Å². The molecule has 0 unspecified atom stereocenters. The molecule has 0 aliphatic carbocycles. The highest BCUT2D eigenvalue weighted by Gasteiger charge is 2.11. The molecule has 0 saturated carbocycles. The van der Waals surface area contributed by atoms with Crippen molar-refractivity contribution in [2.45, 2.75) is 0 Å². The maximum Gasteiger partial charge on any atom is 0.329 e. The predicted molar refractivity (Wildman–Crippen MR) is 60.3 cm³/mol. The first-order valence-corrected chi connectivity index (χ1v) is 5.12. The average molecular weight is 291 g/mol. The second-order valence-electron chi connectivity index (χ2n) is 2.94. The lowest BCUT2D eigenvalue weighted by Gasteiger charge is -2.04. The first-order valence-electron chi connectivity index (χ1n) is 3.95. The van der Waals surface area contributed by atoms with Gasteiger partial charge in [0.25, 0.3) is 5.56 Å². The summed E-state index contributed by atoms with van der Waals surface area (Å²) < 4.78 is 1.75. The summed E-state index contributed by atoms with van der Waals surface area (Å²) in [5, 5.41) is 0.449. The van der Waals surface area contributed by atoms with Crippen molar-refractivity contribution in [2.24, 2.45) is 7.05 Å². The monoisotopic (exact) mass is 289 g/mol. The van der Waals surface area contributed by atoms with Gasteiger partial charge in [-0.2, -0.15) is 0 Å². The summed E-state index contributed by atoms with van der Waals surface area (Å²) in [7, 11) is 1.51. The molecule has 1 N–H and O–H groups in total. The molecular weight excluding hydrogens is 285 g/mol. The number of hydrogen-bond donors (Lipinski definition) is 1. The SMILES string of the molecule is Cn1c(=O)[nH]c(=O)c2c(Cl)c(Br)cnc21. The smallest absolute Gasteiger partial charge is 0.281 e. The summed E-state index contributed by atoms with van der Waals surface area (Å²) in [6, 6.07) is 0. The Bertz CT molecular complexity index is 661.